The molecule has 0 saturated heterocycles. The van der Waals surface area contributed by atoms with Crippen LogP contribution >= 0.6 is 0 Å². The fraction of sp³-hybridized carbons (Fsp3) is 0.207. The minimum Gasteiger partial charge on any atom is -0.406 e. The summed E-state index contributed by atoms with van der Waals surface area (Å²) in [6.07, 6.45) is -2.72. The highest BCUT2D eigenvalue weighted by molar-refractivity contribution is 7.90. The van der Waals surface area contributed by atoms with Crippen molar-refractivity contribution in [3.63, 3.8) is 0 Å². The van der Waals surface area contributed by atoms with E-state index in [2.05, 4.69) is 20.1 Å². The maximum Gasteiger partial charge on any atom is 0.573 e. The number of aryl methyl sites for hydroxylation is 1. The lowest BCUT2D eigenvalue weighted by Crippen LogP contribution is -2.17. The number of benzene rings is 3. The van der Waals surface area contributed by atoms with E-state index in [-0.39, 0.29) is 28.2 Å². The fourth-order valence-electron chi connectivity index (χ4n) is 4.68. The van der Waals surface area contributed by atoms with Crippen molar-refractivity contribution in [1.29, 1.82) is 0 Å². The van der Waals surface area contributed by atoms with Gasteiger partial charge in [0.05, 0.1) is 34.8 Å². The van der Waals surface area contributed by atoms with Gasteiger partial charge in [-0.05, 0) is 72.6 Å². The van der Waals surface area contributed by atoms with Gasteiger partial charge in [-0.25, -0.2) is 22.2 Å². The minimum atomic E-state index is -4.90. The van der Waals surface area contributed by atoms with Gasteiger partial charge in [-0.2, -0.15) is 13.9 Å². The van der Waals surface area contributed by atoms with Crippen LogP contribution in [0.5, 0.6) is 5.75 Å². The van der Waals surface area contributed by atoms with Crippen molar-refractivity contribution >= 4 is 9.84 Å². The van der Waals surface area contributed by atoms with Crippen LogP contribution in [0.25, 0.3) is 33.8 Å². The molecule has 45 heavy (non-hydrogen) atoms. The quantitative estimate of drug-likeness (QED) is 0.201. The Kier molecular flexibility index (Phi) is 7.99. The van der Waals surface area contributed by atoms with Crippen LogP contribution in [-0.4, -0.2) is 50.9 Å². The van der Waals surface area contributed by atoms with Crippen LogP contribution in [0, 0.1) is 12.7 Å². The summed E-state index contributed by atoms with van der Waals surface area (Å²) in [5.74, 6) is -4.72. The van der Waals surface area contributed by atoms with Gasteiger partial charge in [0.2, 0.25) is 0 Å². The molecule has 5 aromatic rings. The number of aromatic nitrogens is 5. The molecule has 9 nitrogen and oxygen atoms in total. The number of hydrogen-bond acceptors (Lipinski definition) is 7. The van der Waals surface area contributed by atoms with Crippen LogP contribution in [0.4, 0.5) is 26.3 Å². The van der Waals surface area contributed by atoms with Crippen molar-refractivity contribution < 1.29 is 44.6 Å². The average Bonchev–Trinajstić information content (AvgIpc) is 3.58. The van der Waals surface area contributed by atoms with E-state index in [4.69, 9.17) is 0 Å². The normalized spacial score (nSPS) is 12.5. The number of nitrogens with zero attached hydrogens (tertiary/aromatic N) is 5. The van der Waals surface area contributed by atoms with Gasteiger partial charge in [0.1, 0.15) is 17.3 Å². The number of hydrogen-bond donors (Lipinski definition) is 1. The standard InChI is InChI=1S/C29H23F6N5O4S/c1-16-10-27(28(2,31)32)37-39(16)23-9-6-18(19-11-22(30)21(15-41)26(13-19)45(3,42)43)12-24(23)40-25(14-36-38-40)17-4-7-20(8-5-17)44-29(33,34)35/h4-14,41H,15H2,1-3H3. The van der Waals surface area contributed by atoms with Crippen LogP contribution in [-0.2, 0) is 22.4 Å². The molecule has 0 fully saturated rings. The average molecular weight is 652 g/mol. The van der Waals surface area contributed by atoms with Crippen molar-refractivity contribution in [2.24, 2.45) is 0 Å². The molecule has 0 atom stereocenters. The predicted octanol–water partition coefficient (Wildman–Crippen LogP) is 6.14. The molecule has 0 spiro atoms. The Hall–Kier alpha value is -4.70. The van der Waals surface area contributed by atoms with E-state index in [1.807, 2.05) is 0 Å². The van der Waals surface area contributed by atoms with E-state index in [1.165, 1.54) is 58.0 Å². The van der Waals surface area contributed by atoms with Crippen molar-refractivity contribution in [3.05, 3.63) is 89.6 Å². The number of halogens is 6. The van der Waals surface area contributed by atoms with Crippen LogP contribution in [0.1, 0.15) is 23.9 Å². The van der Waals surface area contributed by atoms with Gasteiger partial charge in [-0.1, -0.05) is 11.3 Å². The summed E-state index contributed by atoms with van der Waals surface area (Å²) in [5, 5.41) is 21.7. The molecular weight excluding hydrogens is 628 g/mol. The number of rotatable bonds is 8. The monoisotopic (exact) mass is 651 g/mol. The highest BCUT2D eigenvalue weighted by atomic mass is 32.2. The lowest BCUT2D eigenvalue weighted by atomic mass is 10.0. The van der Waals surface area contributed by atoms with E-state index >= 15 is 4.39 Å². The lowest BCUT2D eigenvalue weighted by molar-refractivity contribution is -0.274. The first-order valence-corrected chi connectivity index (χ1v) is 14.9. The SMILES string of the molecule is Cc1cc(C(C)(F)F)nn1-c1ccc(-c2cc(F)c(CO)c(S(C)(=O)=O)c2)cc1-n1nncc1-c1ccc(OC(F)(F)F)cc1. The second kappa shape index (κ2) is 11.3. The van der Waals surface area contributed by atoms with Crippen LogP contribution in [0.2, 0.25) is 0 Å². The number of aliphatic hydroxyl groups excluding tert-OH is 1. The highest BCUT2D eigenvalue weighted by Gasteiger charge is 2.31. The van der Waals surface area contributed by atoms with Gasteiger partial charge in [0.15, 0.2) is 9.84 Å². The minimum absolute atomic E-state index is 0.103. The predicted molar refractivity (Wildman–Crippen MR) is 149 cm³/mol. The number of alkyl halides is 5. The summed E-state index contributed by atoms with van der Waals surface area (Å²) < 4.78 is 113. The molecule has 1 N–H and O–H groups in total. The third kappa shape index (κ3) is 6.56. The molecule has 0 bridgehead atoms. The Bertz CT molecular complexity index is 2000. The summed E-state index contributed by atoms with van der Waals surface area (Å²) in [5.41, 5.74) is 0.746. The van der Waals surface area contributed by atoms with Gasteiger partial charge in [-0.15, -0.1) is 18.3 Å². The largest absolute Gasteiger partial charge is 0.573 e. The second-order valence-corrected chi connectivity index (χ2v) is 12.1. The van der Waals surface area contributed by atoms with Crippen LogP contribution in [0.3, 0.4) is 0 Å². The lowest BCUT2D eigenvalue weighted by Gasteiger charge is -2.17. The molecule has 2 heterocycles. The molecule has 0 aliphatic heterocycles. The van der Waals surface area contributed by atoms with Gasteiger partial charge >= 0.3 is 6.36 Å². The van der Waals surface area contributed by atoms with E-state index < -0.39 is 56.4 Å². The molecule has 0 amide bonds. The second-order valence-electron chi connectivity index (χ2n) is 10.1. The Morgan fingerprint density at radius 2 is 1.56 bits per heavy atom. The van der Waals surface area contributed by atoms with Crippen molar-refractivity contribution in [2.45, 2.75) is 37.6 Å². The molecule has 0 aliphatic rings. The number of aliphatic hydroxyl groups is 1. The molecule has 0 unspecified atom stereocenters. The van der Waals surface area contributed by atoms with Crippen molar-refractivity contribution in [3.8, 4) is 39.5 Å². The molecule has 0 saturated carbocycles. The van der Waals surface area contributed by atoms with Gasteiger partial charge in [-0.3, -0.25) is 0 Å². The molecule has 16 heteroatoms. The summed E-state index contributed by atoms with van der Waals surface area (Å²) in [6.45, 7) is 1.37. The molecule has 236 valence electrons. The highest BCUT2D eigenvalue weighted by Crippen LogP contribution is 2.35. The Balaban J connectivity index is 1.72. The Labute approximate surface area is 252 Å². The summed E-state index contributed by atoms with van der Waals surface area (Å²) in [7, 11) is -3.97. The Morgan fingerprint density at radius 1 is 0.889 bits per heavy atom. The summed E-state index contributed by atoms with van der Waals surface area (Å²) in [4.78, 5) is -0.425. The fourth-order valence-corrected chi connectivity index (χ4v) is 5.63. The topological polar surface area (TPSA) is 112 Å². The van der Waals surface area contributed by atoms with Crippen molar-refractivity contribution in [2.75, 3.05) is 6.26 Å². The van der Waals surface area contributed by atoms with Gasteiger partial charge in [0.25, 0.3) is 5.92 Å². The molecule has 5 rings (SSSR count). The van der Waals surface area contributed by atoms with Gasteiger partial charge < -0.3 is 9.84 Å². The van der Waals surface area contributed by atoms with Crippen molar-refractivity contribution in [1.82, 2.24) is 24.8 Å². The zero-order chi connectivity index (χ0) is 32.9. The van der Waals surface area contributed by atoms with E-state index in [0.717, 1.165) is 24.5 Å². The first kappa shape index (κ1) is 31.7. The van der Waals surface area contributed by atoms with E-state index in [0.29, 0.717) is 18.2 Å². The maximum absolute atomic E-state index is 15.0. The third-order valence-corrected chi connectivity index (χ3v) is 7.91. The van der Waals surface area contributed by atoms with Crippen LogP contribution in [0.15, 0.2) is 71.8 Å². The zero-order valence-corrected chi connectivity index (χ0v) is 24.5. The van der Waals surface area contributed by atoms with Crippen LogP contribution < -0.4 is 4.74 Å². The van der Waals surface area contributed by atoms with E-state index in [1.54, 1.807) is 6.92 Å². The number of sulfone groups is 1. The first-order chi connectivity index (χ1) is 21.0. The summed E-state index contributed by atoms with van der Waals surface area (Å²) >= 11 is 0. The van der Waals surface area contributed by atoms with Gasteiger partial charge in [0, 0.05) is 30.0 Å². The zero-order valence-electron chi connectivity index (χ0n) is 23.6. The number of ether oxygens (including phenoxy) is 1. The Morgan fingerprint density at radius 3 is 2.13 bits per heavy atom. The molecule has 0 radical (unpaired) electrons. The smallest absolute Gasteiger partial charge is 0.406 e. The molecule has 0 aliphatic carbocycles. The third-order valence-electron chi connectivity index (χ3n) is 6.75. The molecular formula is C29H23F6N5O4S. The molecule has 3 aromatic carbocycles. The first-order valence-electron chi connectivity index (χ1n) is 13.0. The molecule has 2 aromatic heterocycles. The summed E-state index contributed by atoms with van der Waals surface area (Å²) in [6, 6.07) is 12.7. The maximum atomic E-state index is 15.0. The van der Waals surface area contributed by atoms with E-state index in [9.17, 15) is 35.5 Å².